The Kier molecular flexibility index (Phi) is 6.08. The lowest BCUT2D eigenvalue weighted by Crippen LogP contribution is -2.34. The molecule has 0 heterocycles. The molecule has 0 aliphatic heterocycles. The summed E-state index contributed by atoms with van der Waals surface area (Å²) in [6, 6.07) is 5.99. The normalized spacial score (nSPS) is 11.6. The van der Waals surface area contributed by atoms with Crippen LogP contribution in [-0.4, -0.2) is 23.7 Å². The fraction of sp³-hybridized carbons (Fsp3) is 0.438. The quantitative estimate of drug-likeness (QED) is 0.795. The van der Waals surface area contributed by atoms with Gasteiger partial charge in [0, 0.05) is 18.7 Å². The minimum Gasteiger partial charge on any atom is -0.478 e. The van der Waals surface area contributed by atoms with Crippen molar-refractivity contribution in [2.75, 3.05) is 11.4 Å². The molecule has 0 aromatic heterocycles. The van der Waals surface area contributed by atoms with Crippen molar-refractivity contribution in [1.29, 1.82) is 0 Å². The molecule has 1 aromatic rings. The van der Waals surface area contributed by atoms with Gasteiger partial charge in [-0.2, -0.15) is 0 Å². The molecule has 1 aromatic carbocycles. The minimum atomic E-state index is -0.964. The summed E-state index contributed by atoms with van der Waals surface area (Å²) in [7, 11) is 0. The van der Waals surface area contributed by atoms with Gasteiger partial charge in [-0.1, -0.05) is 31.5 Å². The second kappa shape index (κ2) is 7.34. The van der Waals surface area contributed by atoms with Gasteiger partial charge in [0.1, 0.15) is 0 Å². The molecule has 0 saturated carbocycles. The Morgan fingerprint density at radius 2 is 2.00 bits per heavy atom. The van der Waals surface area contributed by atoms with Crippen molar-refractivity contribution in [2.45, 2.75) is 33.7 Å². The van der Waals surface area contributed by atoms with Crippen LogP contribution in [0.15, 0.2) is 24.3 Å². The van der Waals surface area contributed by atoms with Gasteiger partial charge in [0.25, 0.3) is 0 Å². The van der Waals surface area contributed by atoms with E-state index in [1.807, 2.05) is 12.1 Å². The van der Waals surface area contributed by atoms with Crippen molar-refractivity contribution in [2.24, 2.45) is 5.92 Å². The zero-order valence-corrected chi connectivity index (χ0v) is 13.2. The van der Waals surface area contributed by atoms with E-state index >= 15 is 0 Å². The van der Waals surface area contributed by atoms with Crippen molar-refractivity contribution in [3.05, 3.63) is 34.9 Å². The van der Waals surface area contributed by atoms with Gasteiger partial charge in [-0.25, -0.2) is 4.79 Å². The van der Waals surface area contributed by atoms with Gasteiger partial charge in [0.05, 0.1) is 10.7 Å². The van der Waals surface area contributed by atoms with Crippen LogP contribution in [0.3, 0.4) is 0 Å². The molecule has 0 aliphatic carbocycles. The van der Waals surface area contributed by atoms with Crippen LogP contribution in [0, 0.1) is 5.92 Å². The fourth-order valence-electron chi connectivity index (χ4n) is 2.01. The van der Waals surface area contributed by atoms with E-state index in [9.17, 15) is 4.79 Å². The van der Waals surface area contributed by atoms with E-state index < -0.39 is 5.97 Å². The van der Waals surface area contributed by atoms with Gasteiger partial charge in [0.15, 0.2) is 0 Å². The SMILES string of the molecule is CC(C)CN(c1ccc(/C=C/C(=O)O)cc1Cl)C(C)C. The van der Waals surface area contributed by atoms with Crippen LogP contribution in [0.4, 0.5) is 5.69 Å². The van der Waals surface area contributed by atoms with Crippen molar-refractivity contribution in [3.8, 4) is 0 Å². The molecular weight excluding hydrogens is 274 g/mol. The van der Waals surface area contributed by atoms with Crippen LogP contribution in [0.1, 0.15) is 33.3 Å². The van der Waals surface area contributed by atoms with Crippen LogP contribution >= 0.6 is 11.6 Å². The predicted octanol–water partition coefficient (Wildman–Crippen LogP) is 4.31. The van der Waals surface area contributed by atoms with Crippen LogP contribution in [0.2, 0.25) is 5.02 Å². The first-order valence-electron chi connectivity index (χ1n) is 6.78. The molecule has 0 fully saturated rings. The lowest BCUT2D eigenvalue weighted by Gasteiger charge is -2.31. The number of carboxylic acids is 1. The summed E-state index contributed by atoms with van der Waals surface area (Å²) in [4.78, 5) is 12.8. The molecule has 0 atom stereocenters. The highest BCUT2D eigenvalue weighted by molar-refractivity contribution is 6.33. The number of carboxylic acid groups (broad SMARTS) is 1. The first-order chi connectivity index (χ1) is 9.31. The number of halogens is 1. The van der Waals surface area contributed by atoms with E-state index in [0.29, 0.717) is 17.0 Å². The Morgan fingerprint density at radius 1 is 1.35 bits per heavy atom. The number of aliphatic carboxylic acids is 1. The van der Waals surface area contributed by atoms with E-state index in [1.165, 1.54) is 0 Å². The number of rotatable bonds is 6. The number of anilines is 1. The largest absolute Gasteiger partial charge is 0.478 e. The molecule has 1 rings (SSSR count). The Labute approximate surface area is 125 Å². The molecule has 4 heteroatoms. The second-order valence-corrected chi connectivity index (χ2v) is 5.93. The maximum absolute atomic E-state index is 10.5. The Balaban J connectivity index is 3.03. The van der Waals surface area contributed by atoms with Crippen molar-refractivity contribution in [1.82, 2.24) is 0 Å². The number of carbonyl (C=O) groups is 1. The van der Waals surface area contributed by atoms with Crippen molar-refractivity contribution >= 4 is 29.3 Å². The van der Waals surface area contributed by atoms with Gasteiger partial charge < -0.3 is 10.0 Å². The summed E-state index contributed by atoms with van der Waals surface area (Å²) in [5.41, 5.74) is 1.78. The lowest BCUT2D eigenvalue weighted by molar-refractivity contribution is -0.131. The van der Waals surface area contributed by atoms with E-state index in [0.717, 1.165) is 23.9 Å². The molecule has 3 nitrogen and oxygen atoms in total. The highest BCUT2D eigenvalue weighted by Gasteiger charge is 2.15. The minimum absolute atomic E-state index is 0.357. The highest BCUT2D eigenvalue weighted by atomic mass is 35.5. The number of benzene rings is 1. The van der Waals surface area contributed by atoms with E-state index in [-0.39, 0.29) is 0 Å². The molecule has 1 N–H and O–H groups in total. The topological polar surface area (TPSA) is 40.5 Å². The third-order valence-corrected chi connectivity index (χ3v) is 3.19. The van der Waals surface area contributed by atoms with Crippen molar-refractivity contribution < 1.29 is 9.90 Å². The molecule has 0 unspecified atom stereocenters. The summed E-state index contributed by atoms with van der Waals surface area (Å²) in [6.45, 7) is 9.55. The molecule has 0 spiro atoms. The molecule has 0 aliphatic rings. The zero-order chi connectivity index (χ0) is 15.3. The van der Waals surface area contributed by atoms with Crippen LogP contribution in [0.25, 0.3) is 6.08 Å². The molecular formula is C16H22ClNO2. The van der Waals surface area contributed by atoms with E-state index in [1.54, 1.807) is 12.1 Å². The molecule has 0 amide bonds. The zero-order valence-electron chi connectivity index (χ0n) is 12.4. The number of hydrogen-bond donors (Lipinski definition) is 1. The Bertz CT molecular complexity index is 495. The summed E-state index contributed by atoms with van der Waals surface area (Å²) < 4.78 is 0. The summed E-state index contributed by atoms with van der Waals surface area (Å²) >= 11 is 6.34. The smallest absolute Gasteiger partial charge is 0.328 e. The molecule has 20 heavy (non-hydrogen) atoms. The van der Waals surface area contributed by atoms with Crippen molar-refractivity contribution in [3.63, 3.8) is 0 Å². The number of hydrogen-bond acceptors (Lipinski definition) is 2. The van der Waals surface area contributed by atoms with E-state index in [4.69, 9.17) is 16.7 Å². The molecule has 0 bridgehead atoms. The van der Waals surface area contributed by atoms with Crippen LogP contribution < -0.4 is 4.90 Å². The maximum atomic E-state index is 10.5. The van der Waals surface area contributed by atoms with Gasteiger partial charge in [-0.05, 0) is 43.5 Å². The molecule has 110 valence electrons. The summed E-state index contributed by atoms with van der Waals surface area (Å²) in [6.07, 6.45) is 2.65. The van der Waals surface area contributed by atoms with Crippen LogP contribution in [-0.2, 0) is 4.79 Å². The molecule has 0 saturated heterocycles. The standard InChI is InChI=1S/C16H22ClNO2/c1-11(2)10-18(12(3)4)15-7-5-13(9-14(15)17)6-8-16(19)20/h5-9,11-12H,10H2,1-4H3,(H,19,20)/b8-6+. The first-order valence-corrected chi connectivity index (χ1v) is 7.16. The third kappa shape index (κ3) is 4.89. The van der Waals surface area contributed by atoms with Gasteiger partial charge in [-0.15, -0.1) is 0 Å². The average molecular weight is 296 g/mol. The lowest BCUT2D eigenvalue weighted by atomic mass is 10.1. The van der Waals surface area contributed by atoms with Gasteiger partial charge in [0.2, 0.25) is 0 Å². The fourth-order valence-corrected chi connectivity index (χ4v) is 2.31. The maximum Gasteiger partial charge on any atom is 0.328 e. The molecule has 0 radical (unpaired) electrons. The summed E-state index contributed by atoms with van der Waals surface area (Å²) in [5, 5.41) is 9.28. The summed E-state index contributed by atoms with van der Waals surface area (Å²) in [5.74, 6) is -0.422. The third-order valence-electron chi connectivity index (χ3n) is 2.88. The van der Waals surface area contributed by atoms with Gasteiger partial charge >= 0.3 is 5.97 Å². The first kappa shape index (κ1) is 16.6. The second-order valence-electron chi connectivity index (χ2n) is 5.52. The number of nitrogens with zero attached hydrogens (tertiary/aromatic N) is 1. The average Bonchev–Trinajstić information content (AvgIpc) is 2.33. The Hall–Kier alpha value is -1.48. The Morgan fingerprint density at radius 3 is 2.45 bits per heavy atom. The predicted molar refractivity (Wildman–Crippen MR) is 85.4 cm³/mol. The monoisotopic (exact) mass is 295 g/mol. The van der Waals surface area contributed by atoms with E-state index in [2.05, 4.69) is 32.6 Å². The van der Waals surface area contributed by atoms with Gasteiger partial charge in [-0.3, -0.25) is 0 Å². The highest BCUT2D eigenvalue weighted by Crippen LogP contribution is 2.29. The van der Waals surface area contributed by atoms with Crippen LogP contribution in [0.5, 0.6) is 0 Å².